The number of nitrogens with zero attached hydrogens (tertiary/aromatic N) is 1. The number of hydrogen-bond acceptors (Lipinski definition) is 3. The van der Waals surface area contributed by atoms with Gasteiger partial charge in [0.25, 0.3) is 0 Å². The molecule has 0 saturated carbocycles. The second-order valence-electron chi connectivity index (χ2n) is 4.01. The predicted molar refractivity (Wildman–Crippen MR) is 73.5 cm³/mol. The molecule has 0 bridgehead atoms. The summed E-state index contributed by atoms with van der Waals surface area (Å²) in [6, 6.07) is 8.35. The zero-order chi connectivity index (χ0) is 14.0. The highest BCUT2D eigenvalue weighted by molar-refractivity contribution is 7.13. The molecule has 19 heavy (non-hydrogen) atoms. The first kappa shape index (κ1) is 13.2. The van der Waals surface area contributed by atoms with Gasteiger partial charge in [-0.2, -0.15) is 5.26 Å². The van der Waals surface area contributed by atoms with Gasteiger partial charge in [0.2, 0.25) is 5.91 Å². The average molecular weight is 274 g/mol. The summed E-state index contributed by atoms with van der Waals surface area (Å²) in [5.41, 5.74) is 1.36. The van der Waals surface area contributed by atoms with Crippen molar-refractivity contribution in [2.75, 3.05) is 5.32 Å². The first-order chi connectivity index (χ1) is 9.04. The number of nitriles is 1. The third-order valence-corrected chi connectivity index (χ3v) is 3.64. The Balaban J connectivity index is 2.70. The van der Waals surface area contributed by atoms with Gasteiger partial charge >= 0.3 is 0 Å². The molecule has 0 spiro atoms. The number of thiophene rings is 1. The molecule has 0 aliphatic carbocycles. The fraction of sp³-hybridized carbons (Fsp3) is 0.143. The Morgan fingerprint density at radius 2 is 2.11 bits per heavy atom. The van der Waals surface area contributed by atoms with Gasteiger partial charge in [-0.15, -0.1) is 11.3 Å². The fourth-order valence-corrected chi connectivity index (χ4v) is 2.83. The van der Waals surface area contributed by atoms with Gasteiger partial charge in [-0.1, -0.05) is 18.2 Å². The Kier molecular flexibility index (Phi) is 3.63. The van der Waals surface area contributed by atoms with Crippen molar-refractivity contribution < 1.29 is 9.18 Å². The van der Waals surface area contributed by atoms with Gasteiger partial charge in [0.15, 0.2) is 0 Å². The quantitative estimate of drug-likeness (QED) is 0.908. The van der Waals surface area contributed by atoms with E-state index in [0.29, 0.717) is 21.7 Å². The zero-order valence-corrected chi connectivity index (χ0v) is 11.3. The topological polar surface area (TPSA) is 52.9 Å². The largest absolute Gasteiger partial charge is 0.324 e. The Morgan fingerprint density at radius 3 is 2.68 bits per heavy atom. The molecule has 2 aromatic rings. The summed E-state index contributed by atoms with van der Waals surface area (Å²) in [5, 5.41) is 11.7. The van der Waals surface area contributed by atoms with E-state index in [0.717, 1.165) is 4.88 Å². The Morgan fingerprint density at radius 1 is 1.42 bits per heavy atom. The van der Waals surface area contributed by atoms with Gasteiger partial charge < -0.3 is 5.32 Å². The maximum atomic E-state index is 13.9. The lowest BCUT2D eigenvalue weighted by atomic mass is 10.0. The highest BCUT2D eigenvalue weighted by atomic mass is 32.1. The van der Waals surface area contributed by atoms with Crippen LogP contribution in [0.15, 0.2) is 24.3 Å². The van der Waals surface area contributed by atoms with E-state index >= 15 is 0 Å². The lowest BCUT2D eigenvalue weighted by Crippen LogP contribution is -2.07. The Bertz CT molecular complexity index is 685. The van der Waals surface area contributed by atoms with Gasteiger partial charge in [-0.05, 0) is 13.0 Å². The van der Waals surface area contributed by atoms with Crippen LogP contribution in [0.25, 0.3) is 11.1 Å². The van der Waals surface area contributed by atoms with E-state index in [1.54, 1.807) is 25.1 Å². The van der Waals surface area contributed by atoms with Crippen LogP contribution in [-0.4, -0.2) is 5.91 Å². The molecule has 0 radical (unpaired) electrons. The SMILES string of the molecule is CC(=O)Nc1c(C#N)sc(C)c1-c1ccccc1F. The van der Waals surface area contributed by atoms with E-state index in [2.05, 4.69) is 5.32 Å². The molecule has 1 aromatic carbocycles. The molecule has 0 aliphatic heterocycles. The van der Waals surface area contributed by atoms with Crippen molar-refractivity contribution >= 4 is 22.9 Å². The summed E-state index contributed by atoms with van der Waals surface area (Å²) in [6.45, 7) is 3.16. The summed E-state index contributed by atoms with van der Waals surface area (Å²) in [4.78, 5) is 12.4. The molecule has 3 nitrogen and oxygen atoms in total. The lowest BCUT2D eigenvalue weighted by molar-refractivity contribution is -0.114. The first-order valence-electron chi connectivity index (χ1n) is 5.60. The van der Waals surface area contributed by atoms with E-state index in [9.17, 15) is 9.18 Å². The molecule has 0 unspecified atom stereocenters. The van der Waals surface area contributed by atoms with Crippen molar-refractivity contribution in [1.82, 2.24) is 0 Å². The second kappa shape index (κ2) is 5.21. The third-order valence-electron chi connectivity index (χ3n) is 2.63. The van der Waals surface area contributed by atoms with E-state index in [4.69, 9.17) is 5.26 Å². The van der Waals surface area contributed by atoms with Crippen LogP contribution in [0.4, 0.5) is 10.1 Å². The molecule has 0 aliphatic rings. The number of benzene rings is 1. The molecular formula is C14H11FN2OS. The lowest BCUT2D eigenvalue weighted by Gasteiger charge is -2.08. The van der Waals surface area contributed by atoms with Crippen molar-refractivity contribution in [3.63, 3.8) is 0 Å². The smallest absolute Gasteiger partial charge is 0.221 e. The van der Waals surface area contributed by atoms with E-state index in [1.165, 1.54) is 24.3 Å². The fourth-order valence-electron chi connectivity index (χ4n) is 1.91. The average Bonchev–Trinajstić information content (AvgIpc) is 2.66. The van der Waals surface area contributed by atoms with Crippen LogP contribution in [0.2, 0.25) is 0 Å². The van der Waals surface area contributed by atoms with Gasteiger partial charge in [-0.3, -0.25) is 4.79 Å². The number of amides is 1. The van der Waals surface area contributed by atoms with Crippen LogP contribution in [0.5, 0.6) is 0 Å². The number of anilines is 1. The van der Waals surface area contributed by atoms with Crippen LogP contribution in [0, 0.1) is 24.1 Å². The van der Waals surface area contributed by atoms with Crippen LogP contribution < -0.4 is 5.32 Å². The van der Waals surface area contributed by atoms with Gasteiger partial charge in [-0.25, -0.2) is 4.39 Å². The van der Waals surface area contributed by atoms with E-state index in [-0.39, 0.29) is 11.7 Å². The molecule has 1 amide bonds. The Labute approximate surface area is 114 Å². The summed E-state index contributed by atoms with van der Waals surface area (Å²) in [6.07, 6.45) is 0. The number of nitrogens with one attached hydrogen (secondary N) is 1. The van der Waals surface area contributed by atoms with Gasteiger partial charge in [0.05, 0.1) is 5.69 Å². The zero-order valence-electron chi connectivity index (χ0n) is 10.5. The molecule has 1 heterocycles. The van der Waals surface area contributed by atoms with Crippen LogP contribution in [0.1, 0.15) is 16.7 Å². The van der Waals surface area contributed by atoms with Gasteiger partial charge in [0.1, 0.15) is 16.8 Å². The molecule has 1 N–H and O–H groups in total. The highest BCUT2D eigenvalue weighted by Crippen LogP contribution is 2.41. The van der Waals surface area contributed by atoms with Crippen molar-refractivity contribution in [1.29, 1.82) is 5.26 Å². The van der Waals surface area contributed by atoms with Crippen molar-refractivity contribution in [2.24, 2.45) is 0 Å². The maximum absolute atomic E-state index is 13.9. The summed E-state index contributed by atoms with van der Waals surface area (Å²) in [7, 11) is 0. The molecule has 0 fully saturated rings. The number of halogens is 1. The monoisotopic (exact) mass is 274 g/mol. The normalized spacial score (nSPS) is 10.0. The first-order valence-corrected chi connectivity index (χ1v) is 6.42. The third kappa shape index (κ3) is 2.49. The van der Waals surface area contributed by atoms with Crippen LogP contribution in [0.3, 0.4) is 0 Å². The number of rotatable bonds is 2. The number of carbonyl (C=O) groups excluding carboxylic acids is 1. The van der Waals surface area contributed by atoms with E-state index < -0.39 is 0 Å². The Hall–Kier alpha value is -2.19. The predicted octanol–water partition coefficient (Wildman–Crippen LogP) is 3.69. The number of hydrogen-bond donors (Lipinski definition) is 1. The van der Waals surface area contributed by atoms with E-state index in [1.807, 2.05) is 6.07 Å². The maximum Gasteiger partial charge on any atom is 0.221 e. The minimum absolute atomic E-state index is 0.285. The summed E-state index contributed by atoms with van der Waals surface area (Å²) in [5.74, 6) is -0.661. The van der Waals surface area contributed by atoms with Crippen molar-refractivity contribution in [3.05, 3.63) is 39.8 Å². The molecule has 2 rings (SSSR count). The molecule has 96 valence electrons. The number of carbonyl (C=O) groups is 1. The summed E-state index contributed by atoms with van der Waals surface area (Å²) < 4.78 is 13.9. The van der Waals surface area contributed by atoms with Crippen LogP contribution >= 0.6 is 11.3 Å². The minimum atomic E-state index is -0.375. The molecule has 0 atom stereocenters. The number of aryl methyl sites for hydroxylation is 1. The van der Waals surface area contributed by atoms with Crippen molar-refractivity contribution in [3.8, 4) is 17.2 Å². The summed E-state index contributed by atoms with van der Waals surface area (Å²) >= 11 is 1.24. The van der Waals surface area contributed by atoms with Crippen molar-refractivity contribution in [2.45, 2.75) is 13.8 Å². The molecule has 0 saturated heterocycles. The highest BCUT2D eigenvalue weighted by Gasteiger charge is 2.20. The minimum Gasteiger partial charge on any atom is -0.324 e. The molecule has 5 heteroatoms. The van der Waals surface area contributed by atoms with Gasteiger partial charge in [0, 0.05) is 22.9 Å². The van der Waals surface area contributed by atoms with Crippen LogP contribution in [-0.2, 0) is 4.79 Å². The second-order valence-corrected chi connectivity index (χ2v) is 5.23. The molecular weight excluding hydrogens is 263 g/mol. The standard InChI is InChI=1S/C14H11FN2OS/c1-8-13(10-5-3-4-6-11(10)15)14(17-9(2)18)12(7-16)19-8/h3-6H,1-2H3,(H,17,18). The molecule has 1 aromatic heterocycles.